The smallest absolute Gasteiger partial charge is 0.356 e. The minimum atomic E-state index is -1.06. The van der Waals surface area contributed by atoms with E-state index in [1.807, 2.05) is 6.92 Å². The summed E-state index contributed by atoms with van der Waals surface area (Å²) in [6, 6.07) is -0.166. The van der Waals surface area contributed by atoms with Gasteiger partial charge in [0.15, 0.2) is 5.69 Å². The molecule has 0 fully saturated rings. The van der Waals surface area contributed by atoms with E-state index in [2.05, 4.69) is 16.9 Å². The largest absolute Gasteiger partial charge is 0.476 e. The van der Waals surface area contributed by atoms with Crippen molar-refractivity contribution >= 4 is 12.0 Å². The molecule has 0 atom stereocenters. The van der Waals surface area contributed by atoms with Crippen molar-refractivity contribution in [3.8, 4) is 0 Å². The molecule has 19 heavy (non-hydrogen) atoms. The first-order valence-electron chi connectivity index (χ1n) is 5.97. The second-order valence-corrected chi connectivity index (χ2v) is 3.86. The van der Waals surface area contributed by atoms with Crippen molar-refractivity contribution < 1.29 is 14.7 Å². The van der Waals surface area contributed by atoms with Crippen LogP contribution in [0.2, 0.25) is 0 Å². The normalized spacial score (nSPS) is 9.95. The molecule has 0 bridgehead atoms. The second-order valence-electron chi connectivity index (χ2n) is 3.86. The summed E-state index contributed by atoms with van der Waals surface area (Å²) < 4.78 is 1.62. The van der Waals surface area contributed by atoms with Crippen LogP contribution >= 0.6 is 0 Å². The Kier molecular flexibility index (Phi) is 5.59. The molecule has 0 radical (unpaired) electrons. The molecule has 0 spiro atoms. The third kappa shape index (κ3) is 4.46. The van der Waals surface area contributed by atoms with Crippen LogP contribution in [0.15, 0.2) is 25.2 Å². The number of aromatic carboxylic acids is 1. The summed E-state index contributed by atoms with van der Waals surface area (Å²) in [4.78, 5) is 27.7. The number of nitrogens with zero attached hydrogens (tertiary/aromatic N) is 3. The molecule has 104 valence electrons. The zero-order chi connectivity index (χ0) is 14.3. The van der Waals surface area contributed by atoms with Gasteiger partial charge in [0.2, 0.25) is 0 Å². The predicted octanol–water partition coefficient (Wildman–Crippen LogP) is 0.799. The fourth-order valence-corrected chi connectivity index (χ4v) is 1.51. The SMILES string of the molecule is C=CCN(CC)C(=O)NCCn1cnc(C(=O)O)c1. The molecule has 1 heterocycles. The summed E-state index contributed by atoms with van der Waals surface area (Å²) >= 11 is 0. The lowest BCUT2D eigenvalue weighted by Gasteiger charge is -2.19. The van der Waals surface area contributed by atoms with Gasteiger partial charge in [-0.25, -0.2) is 14.6 Å². The highest BCUT2D eigenvalue weighted by Gasteiger charge is 2.09. The lowest BCUT2D eigenvalue weighted by Crippen LogP contribution is -2.41. The predicted molar refractivity (Wildman–Crippen MR) is 70.0 cm³/mol. The average Bonchev–Trinajstić information content (AvgIpc) is 2.84. The lowest BCUT2D eigenvalue weighted by atomic mass is 10.5. The van der Waals surface area contributed by atoms with Crippen LogP contribution in [0.4, 0.5) is 4.79 Å². The molecule has 1 aromatic rings. The van der Waals surface area contributed by atoms with E-state index < -0.39 is 5.97 Å². The van der Waals surface area contributed by atoms with Gasteiger partial charge in [-0.3, -0.25) is 0 Å². The summed E-state index contributed by atoms with van der Waals surface area (Å²) in [6.45, 7) is 7.45. The molecular weight excluding hydrogens is 248 g/mol. The van der Waals surface area contributed by atoms with E-state index >= 15 is 0 Å². The highest BCUT2D eigenvalue weighted by Crippen LogP contribution is 1.95. The summed E-state index contributed by atoms with van der Waals surface area (Å²) in [6.07, 6.45) is 4.52. The topological polar surface area (TPSA) is 87.5 Å². The molecule has 0 saturated heterocycles. The summed E-state index contributed by atoms with van der Waals surface area (Å²) in [5, 5.41) is 11.5. The highest BCUT2D eigenvalue weighted by atomic mass is 16.4. The minimum absolute atomic E-state index is 0.00633. The Morgan fingerprint density at radius 1 is 1.63 bits per heavy atom. The molecule has 0 aliphatic carbocycles. The van der Waals surface area contributed by atoms with Crippen molar-refractivity contribution in [1.82, 2.24) is 19.8 Å². The molecule has 0 saturated carbocycles. The van der Waals surface area contributed by atoms with Crippen LogP contribution < -0.4 is 5.32 Å². The number of aromatic nitrogens is 2. The zero-order valence-corrected chi connectivity index (χ0v) is 10.9. The number of nitrogens with one attached hydrogen (secondary N) is 1. The first-order chi connectivity index (χ1) is 9.08. The van der Waals surface area contributed by atoms with Gasteiger partial charge in [0.1, 0.15) is 0 Å². The molecular formula is C12H18N4O3. The van der Waals surface area contributed by atoms with Gasteiger partial charge < -0.3 is 19.9 Å². The molecule has 0 aliphatic rings. The van der Waals surface area contributed by atoms with Crippen LogP contribution in [-0.4, -0.2) is 51.2 Å². The Balaban J connectivity index is 2.38. The molecule has 1 rings (SSSR count). The van der Waals surface area contributed by atoms with Gasteiger partial charge in [0.25, 0.3) is 0 Å². The van der Waals surface area contributed by atoms with E-state index in [0.29, 0.717) is 26.2 Å². The van der Waals surface area contributed by atoms with Crippen LogP contribution in [0, 0.1) is 0 Å². The van der Waals surface area contributed by atoms with Gasteiger partial charge in [0.05, 0.1) is 6.33 Å². The lowest BCUT2D eigenvalue weighted by molar-refractivity contribution is 0.0691. The summed E-state index contributed by atoms with van der Waals surface area (Å²) in [5.74, 6) is -1.06. The first kappa shape index (κ1) is 14.7. The zero-order valence-electron chi connectivity index (χ0n) is 10.9. The highest BCUT2D eigenvalue weighted by molar-refractivity contribution is 5.84. The maximum atomic E-state index is 11.7. The van der Waals surface area contributed by atoms with Crippen LogP contribution in [0.25, 0.3) is 0 Å². The quantitative estimate of drug-likeness (QED) is 0.714. The van der Waals surface area contributed by atoms with Gasteiger partial charge in [0, 0.05) is 32.4 Å². The molecule has 2 amide bonds. The van der Waals surface area contributed by atoms with E-state index in [4.69, 9.17) is 5.11 Å². The van der Waals surface area contributed by atoms with Gasteiger partial charge in [-0.2, -0.15) is 0 Å². The first-order valence-corrected chi connectivity index (χ1v) is 5.97. The summed E-state index contributed by atoms with van der Waals surface area (Å²) in [5.41, 5.74) is -0.00633. The fraction of sp³-hybridized carbons (Fsp3) is 0.417. The number of carbonyl (C=O) groups is 2. The van der Waals surface area contributed by atoms with Gasteiger partial charge >= 0.3 is 12.0 Å². The fourth-order valence-electron chi connectivity index (χ4n) is 1.51. The molecule has 7 heteroatoms. The number of carbonyl (C=O) groups excluding carboxylic acids is 1. The van der Waals surface area contributed by atoms with Crippen molar-refractivity contribution in [2.75, 3.05) is 19.6 Å². The maximum Gasteiger partial charge on any atom is 0.356 e. The number of hydrogen-bond acceptors (Lipinski definition) is 3. The number of likely N-dealkylation sites (N-methyl/N-ethyl adjacent to an activating group) is 1. The van der Waals surface area contributed by atoms with Gasteiger partial charge in [-0.15, -0.1) is 6.58 Å². The number of imidazole rings is 1. The monoisotopic (exact) mass is 266 g/mol. The van der Waals surface area contributed by atoms with Crippen molar-refractivity contribution in [3.05, 3.63) is 30.9 Å². The maximum absolute atomic E-state index is 11.7. The van der Waals surface area contributed by atoms with Crippen LogP contribution in [-0.2, 0) is 6.54 Å². The number of carboxylic acid groups (broad SMARTS) is 1. The Morgan fingerprint density at radius 2 is 2.37 bits per heavy atom. The molecule has 7 nitrogen and oxygen atoms in total. The molecule has 2 N–H and O–H groups in total. The van der Waals surface area contributed by atoms with Crippen LogP contribution in [0.3, 0.4) is 0 Å². The van der Waals surface area contributed by atoms with Crippen molar-refractivity contribution in [2.24, 2.45) is 0 Å². The Hall–Kier alpha value is -2.31. The number of amides is 2. The van der Waals surface area contributed by atoms with E-state index in [1.165, 1.54) is 12.5 Å². The third-order valence-electron chi connectivity index (χ3n) is 2.52. The van der Waals surface area contributed by atoms with Crippen molar-refractivity contribution in [1.29, 1.82) is 0 Å². The molecule has 0 aliphatic heterocycles. The average molecular weight is 266 g/mol. The van der Waals surface area contributed by atoms with Gasteiger partial charge in [-0.1, -0.05) is 6.08 Å². The van der Waals surface area contributed by atoms with Crippen LogP contribution in [0.5, 0.6) is 0 Å². The standard InChI is InChI=1S/C12H18N4O3/c1-3-6-16(4-2)12(19)13-5-7-15-8-10(11(17)18)14-9-15/h3,8-9H,1,4-7H2,2H3,(H,13,19)(H,17,18). The number of rotatable bonds is 7. The minimum Gasteiger partial charge on any atom is -0.476 e. The van der Waals surface area contributed by atoms with E-state index in [0.717, 1.165) is 0 Å². The Labute approximate surface area is 111 Å². The van der Waals surface area contributed by atoms with E-state index in [9.17, 15) is 9.59 Å². The van der Waals surface area contributed by atoms with Gasteiger partial charge in [-0.05, 0) is 6.92 Å². The van der Waals surface area contributed by atoms with Crippen LogP contribution in [0.1, 0.15) is 17.4 Å². The number of urea groups is 1. The van der Waals surface area contributed by atoms with Crippen molar-refractivity contribution in [2.45, 2.75) is 13.5 Å². The summed E-state index contributed by atoms with van der Waals surface area (Å²) in [7, 11) is 0. The second kappa shape index (κ2) is 7.20. The molecule has 0 unspecified atom stereocenters. The Morgan fingerprint density at radius 3 is 2.89 bits per heavy atom. The third-order valence-corrected chi connectivity index (χ3v) is 2.52. The molecule has 0 aromatic carbocycles. The Bertz CT molecular complexity index is 456. The van der Waals surface area contributed by atoms with Crippen molar-refractivity contribution in [3.63, 3.8) is 0 Å². The number of hydrogen-bond donors (Lipinski definition) is 2. The van der Waals surface area contributed by atoms with E-state index in [1.54, 1.807) is 15.5 Å². The number of carboxylic acids is 1. The molecule has 1 aromatic heterocycles. The van der Waals surface area contributed by atoms with E-state index in [-0.39, 0.29) is 11.7 Å².